The van der Waals surface area contributed by atoms with Crippen LogP contribution in [0.4, 0.5) is 8.78 Å². The molecule has 158 valence electrons. The maximum Gasteiger partial charge on any atom is 0.193 e. The van der Waals surface area contributed by atoms with Crippen LogP contribution in [0.2, 0.25) is 0 Å². The van der Waals surface area contributed by atoms with E-state index in [0.717, 1.165) is 6.07 Å². The van der Waals surface area contributed by atoms with Gasteiger partial charge in [-0.3, -0.25) is 4.99 Å². The first-order valence-electron chi connectivity index (χ1n) is 9.19. The third-order valence-corrected chi connectivity index (χ3v) is 5.73. The summed E-state index contributed by atoms with van der Waals surface area (Å²) in [6, 6.07) is 11.4. The number of aliphatic imine (C=N–C) groups is 1. The highest BCUT2D eigenvalue weighted by Crippen LogP contribution is 2.16. The molecule has 2 aromatic carbocycles. The van der Waals surface area contributed by atoms with E-state index in [9.17, 15) is 17.2 Å². The van der Waals surface area contributed by atoms with E-state index in [1.54, 1.807) is 30.1 Å². The van der Waals surface area contributed by atoms with Crippen molar-refractivity contribution in [1.82, 2.24) is 10.2 Å². The van der Waals surface area contributed by atoms with E-state index in [2.05, 4.69) is 10.3 Å². The van der Waals surface area contributed by atoms with Gasteiger partial charge in [0.1, 0.15) is 17.3 Å². The number of rotatable bonds is 9. The van der Waals surface area contributed by atoms with Crippen molar-refractivity contribution in [2.24, 2.45) is 4.99 Å². The molecule has 0 spiro atoms. The van der Waals surface area contributed by atoms with Crippen LogP contribution in [0, 0.1) is 11.6 Å². The molecule has 0 amide bonds. The van der Waals surface area contributed by atoms with Crippen LogP contribution in [0.5, 0.6) is 5.75 Å². The average molecular weight is 426 g/mol. The quantitative estimate of drug-likeness (QED) is 0.494. The van der Waals surface area contributed by atoms with Gasteiger partial charge in [-0.2, -0.15) is 0 Å². The highest BCUT2D eigenvalue weighted by atomic mass is 32.2. The van der Waals surface area contributed by atoms with Gasteiger partial charge in [0.05, 0.1) is 18.8 Å². The third-order valence-electron chi connectivity index (χ3n) is 4.01. The Morgan fingerprint density at radius 3 is 2.41 bits per heavy atom. The molecule has 0 fully saturated rings. The van der Waals surface area contributed by atoms with Gasteiger partial charge >= 0.3 is 0 Å². The highest BCUT2D eigenvalue weighted by Gasteiger charge is 2.18. The molecule has 0 aliphatic carbocycles. The molecule has 9 heteroatoms. The molecule has 0 unspecified atom stereocenters. The molecule has 0 aliphatic heterocycles. The van der Waals surface area contributed by atoms with Gasteiger partial charge in [0.2, 0.25) is 0 Å². The summed E-state index contributed by atoms with van der Waals surface area (Å²) in [5.74, 6) is -0.880. The van der Waals surface area contributed by atoms with E-state index >= 15 is 0 Å². The number of sulfone groups is 1. The lowest BCUT2D eigenvalue weighted by molar-refractivity contribution is 0.270. The number of nitrogens with one attached hydrogen (secondary N) is 1. The van der Waals surface area contributed by atoms with Crippen LogP contribution in [0.15, 0.2) is 58.4 Å². The van der Waals surface area contributed by atoms with Crippen LogP contribution in [0.1, 0.15) is 6.92 Å². The molecular formula is C20H25F2N3O3S. The fourth-order valence-electron chi connectivity index (χ4n) is 2.51. The molecule has 0 heterocycles. The summed E-state index contributed by atoms with van der Waals surface area (Å²) >= 11 is 0. The summed E-state index contributed by atoms with van der Waals surface area (Å²) in [6.45, 7) is 3.06. The molecule has 0 aromatic heterocycles. The van der Waals surface area contributed by atoms with Gasteiger partial charge in [0.15, 0.2) is 27.4 Å². The van der Waals surface area contributed by atoms with Gasteiger partial charge in [0, 0.05) is 13.6 Å². The minimum atomic E-state index is -3.78. The van der Waals surface area contributed by atoms with Crippen LogP contribution in [-0.2, 0) is 9.84 Å². The molecule has 0 aliphatic rings. The molecule has 0 saturated carbocycles. The Hall–Kier alpha value is -2.68. The van der Waals surface area contributed by atoms with Gasteiger partial charge in [-0.15, -0.1) is 0 Å². The zero-order valence-corrected chi connectivity index (χ0v) is 17.3. The average Bonchev–Trinajstić information content (AvgIpc) is 2.69. The lowest BCUT2D eigenvalue weighted by Crippen LogP contribution is -2.41. The van der Waals surface area contributed by atoms with Gasteiger partial charge in [-0.05, 0) is 31.2 Å². The van der Waals surface area contributed by atoms with Crippen LogP contribution in [-0.4, -0.2) is 58.3 Å². The molecule has 2 aromatic rings. The largest absolute Gasteiger partial charge is 0.489 e. The lowest BCUT2D eigenvalue weighted by atomic mass is 10.3. The number of halogens is 2. The van der Waals surface area contributed by atoms with Crippen LogP contribution >= 0.6 is 0 Å². The molecule has 0 radical (unpaired) electrons. The number of nitrogens with zero attached hydrogens (tertiary/aromatic N) is 2. The molecule has 6 nitrogen and oxygen atoms in total. The number of hydrogen-bond acceptors (Lipinski definition) is 4. The van der Waals surface area contributed by atoms with E-state index in [4.69, 9.17) is 4.74 Å². The van der Waals surface area contributed by atoms with E-state index in [0.29, 0.717) is 19.0 Å². The van der Waals surface area contributed by atoms with Gasteiger partial charge in [-0.1, -0.05) is 24.3 Å². The summed E-state index contributed by atoms with van der Waals surface area (Å²) in [4.78, 5) is 5.72. The summed E-state index contributed by atoms with van der Waals surface area (Å²) in [6.07, 6.45) is 0. The van der Waals surface area contributed by atoms with Crippen molar-refractivity contribution < 1.29 is 21.9 Å². The van der Waals surface area contributed by atoms with Crippen LogP contribution in [0.3, 0.4) is 0 Å². The van der Waals surface area contributed by atoms with Crippen LogP contribution < -0.4 is 10.1 Å². The second-order valence-corrected chi connectivity index (χ2v) is 8.26. The molecule has 0 bridgehead atoms. The second-order valence-electron chi connectivity index (χ2n) is 6.19. The first-order chi connectivity index (χ1) is 13.8. The van der Waals surface area contributed by atoms with Gasteiger partial charge in [0.25, 0.3) is 0 Å². The number of benzene rings is 2. The van der Waals surface area contributed by atoms with Crippen molar-refractivity contribution in [3.05, 3.63) is 60.2 Å². The first-order valence-corrected chi connectivity index (χ1v) is 10.8. The standard InChI is InChI=1S/C20H25F2N3O3S/c1-3-23-20(25(2)13-14-28-18-10-6-4-8-16(18)21)24-12-15-29(26,27)19-11-7-5-9-17(19)22/h4-11H,3,12-15H2,1-2H3,(H,23,24). The monoisotopic (exact) mass is 425 g/mol. The van der Waals surface area contributed by atoms with Crippen molar-refractivity contribution in [2.45, 2.75) is 11.8 Å². The number of guanidine groups is 1. The Labute approximate surface area is 170 Å². The number of para-hydroxylation sites is 1. The van der Waals surface area contributed by atoms with Crippen molar-refractivity contribution in [3.63, 3.8) is 0 Å². The van der Waals surface area contributed by atoms with Gasteiger partial charge < -0.3 is 15.0 Å². The van der Waals surface area contributed by atoms with Crippen molar-refractivity contribution in [3.8, 4) is 5.75 Å². The maximum absolute atomic E-state index is 13.8. The fraction of sp³-hybridized carbons (Fsp3) is 0.350. The molecular weight excluding hydrogens is 400 g/mol. The van der Waals surface area contributed by atoms with Gasteiger partial charge in [-0.25, -0.2) is 17.2 Å². The molecule has 2 rings (SSSR count). The number of hydrogen-bond donors (Lipinski definition) is 1. The highest BCUT2D eigenvalue weighted by molar-refractivity contribution is 7.91. The maximum atomic E-state index is 13.8. The number of likely N-dealkylation sites (N-methyl/N-ethyl adjacent to an activating group) is 1. The lowest BCUT2D eigenvalue weighted by Gasteiger charge is -2.22. The van der Waals surface area contributed by atoms with Crippen molar-refractivity contribution in [1.29, 1.82) is 0 Å². The summed E-state index contributed by atoms with van der Waals surface area (Å²) in [7, 11) is -2.02. The Bertz CT molecular complexity index is 936. The third kappa shape index (κ3) is 6.70. The summed E-state index contributed by atoms with van der Waals surface area (Å²) < 4.78 is 57.4. The first kappa shape index (κ1) is 22.6. The van der Waals surface area contributed by atoms with E-state index in [1.807, 2.05) is 6.92 Å². The molecule has 0 saturated heterocycles. The predicted octanol–water partition coefficient (Wildman–Crippen LogP) is 2.71. The summed E-state index contributed by atoms with van der Waals surface area (Å²) in [5.41, 5.74) is 0. The minimum absolute atomic E-state index is 0.0302. The molecule has 0 atom stereocenters. The second kappa shape index (κ2) is 10.8. The Balaban J connectivity index is 1.94. The normalized spacial score (nSPS) is 11.9. The van der Waals surface area contributed by atoms with Crippen molar-refractivity contribution >= 4 is 15.8 Å². The SMILES string of the molecule is CCNC(=NCCS(=O)(=O)c1ccccc1F)N(C)CCOc1ccccc1F. The zero-order chi connectivity index (χ0) is 21.3. The predicted molar refractivity (Wildman–Crippen MR) is 109 cm³/mol. The Morgan fingerprint density at radius 2 is 1.76 bits per heavy atom. The zero-order valence-electron chi connectivity index (χ0n) is 16.4. The Kier molecular flexibility index (Phi) is 8.38. The van der Waals surface area contributed by atoms with E-state index < -0.39 is 21.5 Å². The topological polar surface area (TPSA) is 71.0 Å². The number of ether oxygens (including phenoxy) is 1. The van der Waals surface area contributed by atoms with Crippen molar-refractivity contribution in [2.75, 3.05) is 39.0 Å². The fourth-order valence-corrected chi connectivity index (χ4v) is 3.71. The molecule has 29 heavy (non-hydrogen) atoms. The van der Waals surface area contributed by atoms with Crippen LogP contribution in [0.25, 0.3) is 0 Å². The van der Waals surface area contributed by atoms with E-state index in [1.165, 1.54) is 24.3 Å². The smallest absolute Gasteiger partial charge is 0.193 e. The minimum Gasteiger partial charge on any atom is -0.489 e. The van der Waals surface area contributed by atoms with E-state index in [-0.39, 0.29) is 29.5 Å². The Morgan fingerprint density at radius 1 is 1.10 bits per heavy atom. The molecule has 1 N–H and O–H groups in total. The summed E-state index contributed by atoms with van der Waals surface area (Å²) in [5, 5.41) is 3.06.